The van der Waals surface area contributed by atoms with Gasteiger partial charge in [0.25, 0.3) is 0 Å². The molecule has 0 amide bonds. The average molecular weight is 289 g/mol. The molecular formula is C18H27NO2. The van der Waals surface area contributed by atoms with Crippen molar-refractivity contribution in [2.24, 2.45) is 5.92 Å². The molecule has 1 atom stereocenters. The Balaban J connectivity index is 1.77. The number of likely N-dealkylation sites (tertiary alicyclic amines) is 1. The normalized spacial score (nSPS) is 20.0. The van der Waals surface area contributed by atoms with Crippen molar-refractivity contribution in [1.29, 1.82) is 0 Å². The first-order chi connectivity index (χ1) is 10.3. The van der Waals surface area contributed by atoms with E-state index in [0.29, 0.717) is 6.61 Å². The lowest BCUT2D eigenvalue weighted by atomic mass is 9.93. The first kappa shape index (κ1) is 16.1. The highest BCUT2D eigenvalue weighted by Crippen LogP contribution is 2.20. The van der Waals surface area contributed by atoms with Gasteiger partial charge in [-0.05, 0) is 55.8 Å². The predicted molar refractivity (Wildman–Crippen MR) is 87.5 cm³/mol. The lowest BCUT2D eigenvalue weighted by Crippen LogP contribution is -2.35. The third kappa shape index (κ3) is 5.52. The summed E-state index contributed by atoms with van der Waals surface area (Å²) >= 11 is 0. The van der Waals surface area contributed by atoms with Gasteiger partial charge in [-0.1, -0.05) is 24.3 Å². The van der Waals surface area contributed by atoms with Gasteiger partial charge in [0.15, 0.2) is 0 Å². The lowest BCUT2D eigenvalue weighted by molar-refractivity contribution is 0.173. The van der Waals surface area contributed by atoms with Gasteiger partial charge < -0.3 is 9.84 Å². The number of benzene rings is 1. The van der Waals surface area contributed by atoms with Gasteiger partial charge in [0.05, 0.1) is 7.11 Å². The topological polar surface area (TPSA) is 32.7 Å². The van der Waals surface area contributed by atoms with E-state index in [9.17, 15) is 0 Å². The SMILES string of the molecule is COc1ccc(/C=C/CN2CCC[C@@H](CCCO)C2)cc1. The number of aliphatic hydroxyl groups is 1. The van der Waals surface area contributed by atoms with Crippen LogP contribution in [0, 0.1) is 5.92 Å². The van der Waals surface area contributed by atoms with Crippen LogP contribution < -0.4 is 4.74 Å². The summed E-state index contributed by atoms with van der Waals surface area (Å²) in [5, 5.41) is 8.93. The first-order valence-electron chi connectivity index (χ1n) is 7.95. The Labute approximate surface area is 128 Å². The van der Waals surface area contributed by atoms with E-state index in [0.717, 1.165) is 31.1 Å². The number of aliphatic hydroxyl groups excluding tert-OH is 1. The van der Waals surface area contributed by atoms with E-state index in [1.165, 1.54) is 31.5 Å². The largest absolute Gasteiger partial charge is 0.497 e. The molecule has 1 fully saturated rings. The van der Waals surface area contributed by atoms with Crippen LogP contribution in [-0.4, -0.2) is 43.4 Å². The second kappa shape index (κ2) is 8.85. The van der Waals surface area contributed by atoms with Gasteiger partial charge in [0.2, 0.25) is 0 Å². The highest BCUT2D eigenvalue weighted by Gasteiger charge is 2.18. The van der Waals surface area contributed by atoms with Crippen LogP contribution in [-0.2, 0) is 0 Å². The maximum absolute atomic E-state index is 8.93. The fourth-order valence-electron chi connectivity index (χ4n) is 2.99. The molecule has 0 bridgehead atoms. The summed E-state index contributed by atoms with van der Waals surface area (Å²) in [4.78, 5) is 2.52. The van der Waals surface area contributed by atoms with Gasteiger partial charge in [-0.15, -0.1) is 0 Å². The second-order valence-corrected chi connectivity index (χ2v) is 5.81. The highest BCUT2D eigenvalue weighted by atomic mass is 16.5. The third-order valence-corrected chi connectivity index (χ3v) is 4.16. The summed E-state index contributed by atoms with van der Waals surface area (Å²) in [5.41, 5.74) is 1.21. The Bertz CT molecular complexity index is 427. The molecule has 0 spiro atoms. The molecule has 0 saturated carbocycles. The molecule has 0 aliphatic carbocycles. The minimum absolute atomic E-state index is 0.327. The number of piperidine rings is 1. The predicted octanol–water partition coefficient (Wildman–Crippen LogP) is 3.19. The molecule has 3 heteroatoms. The number of hydrogen-bond acceptors (Lipinski definition) is 3. The van der Waals surface area contributed by atoms with Crippen molar-refractivity contribution in [1.82, 2.24) is 4.90 Å². The summed E-state index contributed by atoms with van der Waals surface area (Å²) in [7, 11) is 1.69. The molecule has 2 rings (SSSR count). The van der Waals surface area contributed by atoms with E-state index in [-0.39, 0.29) is 0 Å². The van der Waals surface area contributed by atoms with Gasteiger partial charge in [-0.3, -0.25) is 4.90 Å². The standard InChI is InChI=1S/C18H27NO2/c1-21-18-10-8-16(9-11-18)5-2-12-19-13-3-6-17(15-19)7-4-14-20/h2,5,8-11,17,20H,3-4,6-7,12-15H2,1H3/b5-2+/t17-/m0/s1. The molecule has 1 aliphatic heterocycles. The Morgan fingerprint density at radius 2 is 2.14 bits per heavy atom. The quantitative estimate of drug-likeness (QED) is 0.836. The first-order valence-corrected chi connectivity index (χ1v) is 7.95. The van der Waals surface area contributed by atoms with Crippen molar-refractivity contribution in [2.45, 2.75) is 25.7 Å². The second-order valence-electron chi connectivity index (χ2n) is 5.81. The summed E-state index contributed by atoms with van der Waals surface area (Å²) in [6, 6.07) is 8.14. The molecule has 21 heavy (non-hydrogen) atoms. The number of methoxy groups -OCH3 is 1. The molecule has 0 unspecified atom stereocenters. The highest BCUT2D eigenvalue weighted by molar-refractivity contribution is 5.50. The molecule has 0 aromatic heterocycles. The van der Waals surface area contributed by atoms with Crippen LogP contribution in [0.2, 0.25) is 0 Å². The third-order valence-electron chi connectivity index (χ3n) is 4.16. The van der Waals surface area contributed by atoms with Crippen molar-refractivity contribution >= 4 is 6.08 Å². The van der Waals surface area contributed by atoms with Crippen molar-refractivity contribution < 1.29 is 9.84 Å². The van der Waals surface area contributed by atoms with Crippen molar-refractivity contribution in [3.8, 4) is 5.75 Å². The van der Waals surface area contributed by atoms with Crippen molar-refractivity contribution in [3.05, 3.63) is 35.9 Å². The Morgan fingerprint density at radius 1 is 1.33 bits per heavy atom. The van der Waals surface area contributed by atoms with E-state index < -0.39 is 0 Å². The molecule has 1 saturated heterocycles. The molecule has 1 N–H and O–H groups in total. The Hall–Kier alpha value is -1.32. The molecular weight excluding hydrogens is 262 g/mol. The monoisotopic (exact) mass is 289 g/mol. The lowest BCUT2D eigenvalue weighted by Gasteiger charge is -2.31. The summed E-state index contributed by atoms with van der Waals surface area (Å²) < 4.78 is 5.16. The van der Waals surface area contributed by atoms with Crippen LogP contribution in [0.4, 0.5) is 0 Å². The Kier molecular flexibility index (Phi) is 6.77. The van der Waals surface area contributed by atoms with Gasteiger partial charge >= 0.3 is 0 Å². The van der Waals surface area contributed by atoms with Gasteiger partial charge in [0.1, 0.15) is 5.75 Å². The molecule has 1 aliphatic rings. The minimum Gasteiger partial charge on any atom is -0.497 e. The van der Waals surface area contributed by atoms with E-state index in [1.807, 2.05) is 12.1 Å². The average Bonchev–Trinajstić information content (AvgIpc) is 2.54. The number of ether oxygens (including phenoxy) is 1. The molecule has 3 nitrogen and oxygen atoms in total. The molecule has 0 radical (unpaired) electrons. The van der Waals surface area contributed by atoms with Gasteiger partial charge in [-0.2, -0.15) is 0 Å². The maximum Gasteiger partial charge on any atom is 0.118 e. The Morgan fingerprint density at radius 3 is 2.86 bits per heavy atom. The molecule has 1 heterocycles. The molecule has 1 aromatic rings. The number of rotatable bonds is 7. The van der Waals surface area contributed by atoms with Gasteiger partial charge in [-0.25, -0.2) is 0 Å². The van der Waals surface area contributed by atoms with Crippen LogP contribution in [0.15, 0.2) is 30.3 Å². The van der Waals surface area contributed by atoms with Crippen LogP contribution in [0.5, 0.6) is 5.75 Å². The van der Waals surface area contributed by atoms with E-state index in [1.54, 1.807) is 7.11 Å². The summed E-state index contributed by atoms with van der Waals surface area (Å²) in [6.45, 7) is 3.71. The zero-order valence-corrected chi connectivity index (χ0v) is 13.0. The van der Waals surface area contributed by atoms with Crippen LogP contribution in [0.25, 0.3) is 6.08 Å². The minimum atomic E-state index is 0.327. The van der Waals surface area contributed by atoms with Crippen LogP contribution >= 0.6 is 0 Å². The van der Waals surface area contributed by atoms with Gasteiger partial charge in [0, 0.05) is 19.7 Å². The maximum atomic E-state index is 8.93. The number of nitrogens with zero attached hydrogens (tertiary/aromatic N) is 1. The summed E-state index contributed by atoms with van der Waals surface area (Å²) in [6.07, 6.45) is 9.13. The zero-order valence-electron chi connectivity index (χ0n) is 13.0. The van der Waals surface area contributed by atoms with Crippen molar-refractivity contribution in [3.63, 3.8) is 0 Å². The smallest absolute Gasteiger partial charge is 0.118 e. The van der Waals surface area contributed by atoms with E-state index in [4.69, 9.17) is 9.84 Å². The zero-order chi connectivity index (χ0) is 14.9. The van der Waals surface area contributed by atoms with E-state index >= 15 is 0 Å². The summed E-state index contributed by atoms with van der Waals surface area (Å²) in [5.74, 6) is 1.66. The molecule has 116 valence electrons. The van der Waals surface area contributed by atoms with Crippen molar-refractivity contribution in [2.75, 3.05) is 33.4 Å². The molecule has 1 aromatic carbocycles. The van der Waals surface area contributed by atoms with Crippen LogP contribution in [0.3, 0.4) is 0 Å². The van der Waals surface area contributed by atoms with E-state index in [2.05, 4.69) is 29.2 Å². The fourth-order valence-corrected chi connectivity index (χ4v) is 2.99. The number of hydrogen-bond donors (Lipinski definition) is 1. The van der Waals surface area contributed by atoms with Crippen LogP contribution in [0.1, 0.15) is 31.2 Å². The fraction of sp³-hybridized carbons (Fsp3) is 0.556.